The van der Waals surface area contributed by atoms with Crippen LogP contribution in [-0.2, 0) is 4.74 Å². The standard InChI is InChI=1S/C14H22N2O/c1-11-13(15)6-4-7-14(11)16-9-8-12-5-2-3-10-17-12/h4,6-7,12,16H,2-3,5,8-10,15H2,1H3. The number of ether oxygens (including phenoxy) is 1. The molecule has 0 spiro atoms. The summed E-state index contributed by atoms with van der Waals surface area (Å²) in [6.45, 7) is 3.94. The Balaban J connectivity index is 1.79. The van der Waals surface area contributed by atoms with Crippen molar-refractivity contribution in [2.24, 2.45) is 0 Å². The van der Waals surface area contributed by atoms with E-state index in [2.05, 4.69) is 18.3 Å². The summed E-state index contributed by atoms with van der Waals surface area (Å²) < 4.78 is 5.71. The van der Waals surface area contributed by atoms with Gasteiger partial charge in [-0.25, -0.2) is 0 Å². The molecule has 1 aliphatic rings. The lowest BCUT2D eigenvalue weighted by Crippen LogP contribution is -2.22. The number of hydrogen-bond acceptors (Lipinski definition) is 3. The van der Waals surface area contributed by atoms with Crippen LogP contribution < -0.4 is 11.1 Å². The summed E-state index contributed by atoms with van der Waals surface area (Å²) in [6.07, 6.45) is 5.25. The Hall–Kier alpha value is -1.22. The molecule has 1 fully saturated rings. The zero-order valence-corrected chi connectivity index (χ0v) is 10.5. The Kier molecular flexibility index (Phi) is 4.26. The first-order valence-corrected chi connectivity index (χ1v) is 6.48. The number of nitrogen functional groups attached to an aromatic ring is 1. The molecule has 1 atom stereocenters. The summed E-state index contributed by atoms with van der Waals surface area (Å²) in [5.74, 6) is 0. The normalized spacial score (nSPS) is 20.2. The van der Waals surface area contributed by atoms with Crippen LogP contribution in [0.1, 0.15) is 31.2 Å². The maximum Gasteiger partial charge on any atom is 0.0591 e. The molecule has 0 bridgehead atoms. The van der Waals surface area contributed by atoms with Gasteiger partial charge in [0, 0.05) is 24.5 Å². The molecule has 1 unspecified atom stereocenters. The summed E-state index contributed by atoms with van der Waals surface area (Å²) in [4.78, 5) is 0. The van der Waals surface area contributed by atoms with Gasteiger partial charge in [-0.2, -0.15) is 0 Å². The highest BCUT2D eigenvalue weighted by molar-refractivity contribution is 5.62. The third kappa shape index (κ3) is 3.37. The molecular weight excluding hydrogens is 212 g/mol. The average Bonchev–Trinajstić information content (AvgIpc) is 2.36. The van der Waals surface area contributed by atoms with Gasteiger partial charge in [0.25, 0.3) is 0 Å². The van der Waals surface area contributed by atoms with Gasteiger partial charge in [0.05, 0.1) is 6.10 Å². The van der Waals surface area contributed by atoms with Crippen LogP contribution >= 0.6 is 0 Å². The molecule has 1 heterocycles. The highest BCUT2D eigenvalue weighted by Crippen LogP contribution is 2.21. The first kappa shape index (κ1) is 12.2. The Morgan fingerprint density at radius 2 is 2.29 bits per heavy atom. The molecule has 0 amide bonds. The van der Waals surface area contributed by atoms with Crippen molar-refractivity contribution in [3.8, 4) is 0 Å². The van der Waals surface area contributed by atoms with E-state index in [0.717, 1.165) is 36.5 Å². The molecule has 1 aliphatic heterocycles. The molecule has 17 heavy (non-hydrogen) atoms. The van der Waals surface area contributed by atoms with Crippen molar-refractivity contribution in [3.63, 3.8) is 0 Å². The number of rotatable bonds is 4. The Bertz CT molecular complexity index is 359. The SMILES string of the molecule is Cc1c(N)cccc1NCCC1CCCCO1. The molecule has 1 aromatic carbocycles. The number of anilines is 2. The minimum absolute atomic E-state index is 0.442. The van der Waals surface area contributed by atoms with Gasteiger partial charge in [0.15, 0.2) is 0 Å². The van der Waals surface area contributed by atoms with E-state index in [1.54, 1.807) is 0 Å². The van der Waals surface area contributed by atoms with E-state index in [9.17, 15) is 0 Å². The first-order valence-electron chi connectivity index (χ1n) is 6.48. The van der Waals surface area contributed by atoms with E-state index in [1.807, 2.05) is 12.1 Å². The monoisotopic (exact) mass is 234 g/mol. The topological polar surface area (TPSA) is 47.3 Å². The van der Waals surface area contributed by atoms with Crippen molar-refractivity contribution in [3.05, 3.63) is 23.8 Å². The second-order valence-electron chi connectivity index (χ2n) is 4.72. The number of hydrogen-bond donors (Lipinski definition) is 2. The van der Waals surface area contributed by atoms with Crippen LogP contribution in [0.25, 0.3) is 0 Å². The van der Waals surface area contributed by atoms with E-state index in [-0.39, 0.29) is 0 Å². The van der Waals surface area contributed by atoms with Gasteiger partial charge in [0.1, 0.15) is 0 Å². The van der Waals surface area contributed by atoms with E-state index < -0.39 is 0 Å². The van der Waals surface area contributed by atoms with Crippen molar-refractivity contribution in [2.75, 3.05) is 24.2 Å². The predicted octanol–water partition coefficient (Wildman–Crippen LogP) is 2.95. The van der Waals surface area contributed by atoms with Gasteiger partial charge in [-0.15, -0.1) is 0 Å². The molecule has 1 saturated heterocycles. The highest BCUT2D eigenvalue weighted by atomic mass is 16.5. The fourth-order valence-electron chi connectivity index (χ4n) is 2.25. The van der Waals surface area contributed by atoms with Gasteiger partial charge in [-0.3, -0.25) is 0 Å². The maximum atomic E-state index is 5.87. The lowest BCUT2D eigenvalue weighted by molar-refractivity contribution is 0.0134. The van der Waals surface area contributed by atoms with Crippen molar-refractivity contribution in [1.29, 1.82) is 0 Å². The van der Waals surface area contributed by atoms with Gasteiger partial charge < -0.3 is 15.8 Å². The van der Waals surface area contributed by atoms with Crippen LogP contribution in [0, 0.1) is 6.92 Å². The summed E-state index contributed by atoms with van der Waals surface area (Å²) in [5.41, 5.74) is 9.00. The largest absolute Gasteiger partial charge is 0.398 e. The van der Waals surface area contributed by atoms with E-state index in [0.29, 0.717) is 6.10 Å². The Labute approximate surface area is 103 Å². The van der Waals surface area contributed by atoms with Gasteiger partial charge in [-0.1, -0.05) is 6.07 Å². The summed E-state index contributed by atoms with van der Waals surface area (Å²) >= 11 is 0. The fourth-order valence-corrected chi connectivity index (χ4v) is 2.25. The lowest BCUT2D eigenvalue weighted by atomic mass is 10.1. The van der Waals surface area contributed by atoms with Crippen LogP contribution in [0.2, 0.25) is 0 Å². The van der Waals surface area contributed by atoms with Crippen molar-refractivity contribution in [1.82, 2.24) is 0 Å². The number of benzene rings is 1. The molecule has 0 aliphatic carbocycles. The van der Waals surface area contributed by atoms with Crippen molar-refractivity contribution in [2.45, 2.75) is 38.7 Å². The van der Waals surface area contributed by atoms with E-state index >= 15 is 0 Å². The number of nitrogens with one attached hydrogen (secondary N) is 1. The van der Waals surface area contributed by atoms with Crippen LogP contribution in [0.4, 0.5) is 11.4 Å². The molecule has 0 aromatic heterocycles. The quantitative estimate of drug-likeness (QED) is 0.787. The third-order valence-electron chi connectivity index (χ3n) is 3.43. The molecule has 94 valence electrons. The minimum atomic E-state index is 0.442. The Morgan fingerprint density at radius 3 is 3.06 bits per heavy atom. The Morgan fingerprint density at radius 1 is 1.41 bits per heavy atom. The second-order valence-corrected chi connectivity index (χ2v) is 4.72. The third-order valence-corrected chi connectivity index (χ3v) is 3.43. The van der Waals surface area contributed by atoms with Crippen LogP contribution in [0.15, 0.2) is 18.2 Å². The maximum absolute atomic E-state index is 5.87. The molecule has 2 rings (SSSR count). The zero-order valence-electron chi connectivity index (χ0n) is 10.5. The summed E-state index contributed by atoms with van der Waals surface area (Å²) in [6, 6.07) is 6.00. The van der Waals surface area contributed by atoms with E-state index in [1.165, 1.54) is 19.3 Å². The van der Waals surface area contributed by atoms with Crippen LogP contribution in [0.3, 0.4) is 0 Å². The average molecular weight is 234 g/mol. The van der Waals surface area contributed by atoms with Crippen LogP contribution in [0.5, 0.6) is 0 Å². The second kappa shape index (κ2) is 5.92. The molecular formula is C14H22N2O. The summed E-state index contributed by atoms with van der Waals surface area (Å²) in [5, 5.41) is 3.44. The molecule has 0 saturated carbocycles. The first-order chi connectivity index (χ1) is 8.27. The zero-order chi connectivity index (χ0) is 12.1. The predicted molar refractivity (Wildman–Crippen MR) is 72.3 cm³/mol. The van der Waals surface area contributed by atoms with Gasteiger partial charge in [-0.05, 0) is 50.3 Å². The van der Waals surface area contributed by atoms with Gasteiger partial charge >= 0.3 is 0 Å². The molecule has 1 aromatic rings. The molecule has 3 nitrogen and oxygen atoms in total. The van der Waals surface area contributed by atoms with Crippen LogP contribution in [-0.4, -0.2) is 19.3 Å². The highest BCUT2D eigenvalue weighted by Gasteiger charge is 2.13. The van der Waals surface area contributed by atoms with E-state index in [4.69, 9.17) is 10.5 Å². The van der Waals surface area contributed by atoms with Gasteiger partial charge in [0.2, 0.25) is 0 Å². The molecule has 0 radical (unpaired) electrons. The molecule has 3 heteroatoms. The van der Waals surface area contributed by atoms with Crippen molar-refractivity contribution >= 4 is 11.4 Å². The van der Waals surface area contributed by atoms with Crippen molar-refractivity contribution < 1.29 is 4.74 Å². The fraction of sp³-hybridized carbons (Fsp3) is 0.571. The lowest BCUT2D eigenvalue weighted by Gasteiger charge is -2.23. The summed E-state index contributed by atoms with van der Waals surface area (Å²) in [7, 11) is 0. The minimum Gasteiger partial charge on any atom is -0.398 e. The molecule has 3 N–H and O–H groups in total. The number of nitrogens with two attached hydrogens (primary N) is 1. The smallest absolute Gasteiger partial charge is 0.0591 e.